The van der Waals surface area contributed by atoms with Crippen LogP contribution in [0.3, 0.4) is 0 Å². The minimum Gasteiger partial charge on any atom is -0.482 e. The van der Waals surface area contributed by atoms with E-state index in [-0.39, 0.29) is 6.61 Å². The number of hydrogen-bond acceptors (Lipinski definition) is 5. The number of ether oxygens (including phenoxy) is 1. The van der Waals surface area contributed by atoms with E-state index in [0.29, 0.717) is 35.5 Å². The second-order valence-corrected chi connectivity index (χ2v) is 4.40. The lowest BCUT2D eigenvalue weighted by Crippen LogP contribution is -2.08. The molecule has 1 aromatic carbocycles. The number of nitrogens with zero attached hydrogens (tertiary/aromatic N) is 2. The highest BCUT2D eigenvalue weighted by Crippen LogP contribution is 2.29. The molecule has 0 radical (unpaired) electrons. The molecule has 0 aliphatic heterocycles. The van der Waals surface area contributed by atoms with Gasteiger partial charge in [0.25, 0.3) is 5.89 Å². The van der Waals surface area contributed by atoms with Gasteiger partial charge in [0.05, 0.1) is 5.02 Å². The topological polar surface area (TPSA) is 60.2 Å². The van der Waals surface area contributed by atoms with E-state index in [2.05, 4.69) is 15.5 Å². The van der Waals surface area contributed by atoms with Crippen molar-refractivity contribution in [2.75, 3.05) is 7.05 Å². The van der Waals surface area contributed by atoms with Gasteiger partial charge in [-0.25, -0.2) is 0 Å². The number of rotatable bonds is 6. The summed E-state index contributed by atoms with van der Waals surface area (Å²) in [6, 6.07) is 5.65. The largest absolute Gasteiger partial charge is 0.482 e. The van der Waals surface area contributed by atoms with Crippen molar-refractivity contribution >= 4 is 11.6 Å². The zero-order chi connectivity index (χ0) is 13.7. The maximum atomic E-state index is 6.14. The van der Waals surface area contributed by atoms with Crippen LogP contribution in [-0.4, -0.2) is 17.2 Å². The fourth-order valence-corrected chi connectivity index (χ4v) is 1.92. The van der Waals surface area contributed by atoms with Crippen LogP contribution in [0.5, 0.6) is 5.75 Å². The molecule has 1 N–H and O–H groups in total. The van der Waals surface area contributed by atoms with Crippen LogP contribution in [0.15, 0.2) is 22.6 Å². The Morgan fingerprint density at radius 1 is 1.32 bits per heavy atom. The number of aromatic nitrogens is 2. The summed E-state index contributed by atoms with van der Waals surface area (Å²) in [4.78, 5) is 0. The van der Waals surface area contributed by atoms with Gasteiger partial charge in [-0.2, -0.15) is 0 Å². The minimum absolute atomic E-state index is 0.216. The van der Waals surface area contributed by atoms with E-state index in [1.54, 1.807) is 6.07 Å². The van der Waals surface area contributed by atoms with Gasteiger partial charge in [0.2, 0.25) is 5.89 Å². The monoisotopic (exact) mass is 281 g/mol. The van der Waals surface area contributed by atoms with E-state index in [1.165, 1.54) is 0 Å². The standard InChI is InChI=1S/C13H16ClN3O2/c1-3-11-16-17-12(19-11)8-18-13-9(7-15-2)5-4-6-10(13)14/h4-6,15H,3,7-8H2,1-2H3. The van der Waals surface area contributed by atoms with Crippen molar-refractivity contribution in [3.05, 3.63) is 40.6 Å². The lowest BCUT2D eigenvalue weighted by atomic mass is 10.2. The average Bonchev–Trinajstić information content (AvgIpc) is 2.86. The molecule has 0 aliphatic rings. The van der Waals surface area contributed by atoms with Crippen molar-refractivity contribution < 1.29 is 9.15 Å². The van der Waals surface area contributed by atoms with Crippen LogP contribution in [0.1, 0.15) is 24.3 Å². The first-order valence-electron chi connectivity index (χ1n) is 6.10. The minimum atomic E-state index is 0.216. The second-order valence-electron chi connectivity index (χ2n) is 3.99. The summed E-state index contributed by atoms with van der Waals surface area (Å²) >= 11 is 6.14. The summed E-state index contributed by atoms with van der Waals surface area (Å²) in [6.45, 7) is 2.85. The highest BCUT2D eigenvalue weighted by atomic mass is 35.5. The average molecular weight is 282 g/mol. The van der Waals surface area contributed by atoms with Crippen LogP contribution in [0.25, 0.3) is 0 Å². The van der Waals surface area contributed by atoms with Gasteiger partial charge in [0.1, 0.15) is 5.75 Å². The SMILES string of the molecule is CCc1nnc(COc2c(Cl)cccc2CNC)o1. The maximum absolute atomic E-state index is 6.14. The molecule has 2 aromatic rings. The summed E-state index contributed by atoms with van der Waals surface area (Å²) in [5.41, 5.74) is 0.991. The summed E-state index contributed by atoms with van der Waals surface area (Å²) in [5, 5.41) is 11.4. The Bertz CT molecular complexity index is 542. The molecule has 102 valence electrons. The third-order valence-corrected chi connectivity index (χ3v) is 2.86. The third-order valence-electron chi connectivity index (χ3n) is 2.57. The highest BCUT2D eigenvalue weighted by Gasteiger charge is 2.10. The summed E-state index contributed by atoms with van der Waals surface area (Å²) in [6.07, 6.45) is 0.712. The van der Waals surface area contributed by atoms with E-state index in [4.69, 9.17) is 20.8 Å². The Hall–Kier alpha value is -1.59. The van der Waals surface area contributed by atoms with E-state index < -0.39 is 0 Å². The lowest BCUT2D eigenvalue weighted by molar-refractivity contribution is 0.257. The third kappa shape index (κ3) is 3.45. The van der Waals surface area contributed by atoms with Crippen molar-refractivity contribution in [3.8, 4) is 5.75 Å². The molecule has 0 amide bonds. The van der Waals surface area contributed by atoms with E-state index in [0.717, 1.165) is 5.56 Å². The number of aryl methyl sites for hydroxylation is 1. The Labute approximate surface area is 116 Å². The van der Waals surface area contributed by atoms with Crippen LogP contribution >= 0.6 is 11.6 Å². The quantitative estimate of drug-likeness (QED) is 0.882. The van der Waals surface area contributed by atoms with Crippen molar-refractivity contribution in [1.82, 2.24) is 15.5 Å². The Morgan fingerprint density at radius 2 is 2.11 bits per heavy atom. The molecule has 0 atom stereocenters. The summed E-state index contributed by atoms with van der Waals surface area (Å²) in [7, 11) is 1.87. The molecule has 2 rings (SSSR count). The molecule has 0 aliphatic carbocycles. The summed E-state index contributed by atoms with van der Waals surface area (Å²) in [5.74, 6) is 1.70. The highest BCUT2D eigenvalue weighted by molar-refractivity contribution is 6.32. The molecule has 6 heteroatoms. The first-order chi connectivity index (χ1) is 9.24. The molecular formula is C13H16ClN3O2. The fraction of sp³-hybridized carbons (Fsp3) is 0.385. The molecule has 0 saturated heterocycles. The molecule has 0 unspecified atom stereocenters. The Balaban J connectivity index is 2.09. The zero-order valence-corrected chi connectivity index (χ0v) is 11.7. The Kier molecular flexibility index (Phi) is 4.76. The van der Waals surface area contributed by atoms with Crippen LogP contribution in [0.2, 0.25) is 5.02 Å². The van der Waals surface area contributed by atoms with Crippen molar-refractivity contribution in [3.63, 3.8) is 0 Å². The van der Waals surface area contributed by atoms with Gasteiger partial charge in [-0.15, -0.1) is 10.2 Å². The van der Waals surface area contributed by atoms with Gasteiger partial charge in [0.15, 0.2) is 6.61 Å². The number of nitrogens with one attached hydrogen (secondary N) is 1. The zero-order valence-electron chi connectivity index (χ0n) is 10.9. The molecule has 0 saturated carbocycles. The molecule has 1 aromatic heterocycles. The van der Waals surface area contributed by atoms with E-state index >= 15 is 0 Å². The molecule has 0 spiro atoms. The van der Waals surface area contributed by atoms with Crippen LogP contribution in [-0.2, 0) is 19.6 Å². The fourth-order valence-electron chi connectivity index (χ4n) is 1.67. The number of benzene rings is 1. The normalized spacial score (nSPS) is 10.7. The van der Waals surface area contributed by atoms with Crippen LogP contribution < -0.4 is 10.1 Å². The number of halogens is 1. The van der Waals surface area contributed by atoms with Gasteiger partial charge in [-0.3, -0.25) is 0 Å². The second kappa shape index (κ2) is 6.54. The van der Waals surface area contributed by atoms with Gasteiger partial charge in [-0.05, 0) is 13.1 Å². The molecule has 0 fully saturated rings. The Morgan fingerprint density at radius 3 is 2.79 bits per heavy atom. The molecule has 1 heterocycles. The van der Waals surface area contributed by atoms with E-state index in [9.17, 15) is 0 Å². The van der Waals surface area contributed by atoms with Gasteiger partial charge in [-0.1, -0.05) is 30.7 Å². The smallest absolute Gasteiger partial charge is 0.253 e. The molecular weight excluding hydrogens is 266 g/mol. The molecule has 5 nitrogen and oxygen atoms in total. The predicted octanol–water partition coefficient (Wildman–Crippen LogP) is 2.58. The van der Waals surface area contributed by atoms with Crippen molar-refractivity contribution in [2.24, 2.45) is 0 Å². The molecule has 19 heavy (non-hydrogen) atoms. The van der Waals surface area contributed by atoms with Gasteiger partial charge in [0, 0.05) is 18.5 Å². The first-order valence-corrected chi connectivity index (χ1v) is 6.48. The number of para-hydroxylation sites is 1. The predicted molar refractivity (Wildman–Crippen MR) is 72.2 cm³/mol. The van der Waals surface area contributed by atoms with Gasteiger partial charge >= 0.3 is 0 Å². The van der Waals surface area contributed by atoms with Crippen LogP contribution in [0.4, 0.5) is 0 Å². The number of hydrogen-bond donors (Lipinski definition) is 1. The summed E-state index contributed by atoms with van der Waals surface area (Å²) < 4.78 is 11.1. The first kappa shape index (κ1) is 13.8. The van der Waals surface area contributed by atoms with Crippen LogP contribution in [0, 0.1) is 0 Å². The van der Waals surface area contributed by atoms with Gasteiger partial charge < -0.3 is 14.5 Å². The lowest BCUT2D eigenvalue weighted by Gasteiger charge is -2.11. The molecule has 0 bridgehead atoms. The van der Waals surface area contributed by atoms with E-state index in [1.807, 2.05) is 26.1 Å². The van der Waals surface area contributed by atoms with Crippen molar-refractivity contribution in [2.45, 2.75) is 26.5 Å². The maximum Gasteiger partial charge on any atom is 0.253 e. The van der Waals surface area contributed by atoms with Crippen molar-refractivity contribution in [1.29, 1.82) is 0 Å².